The number of ether oxygens (including phenoxy) is 1. The van der Waals surface area contributed by atoms with E-state index in [1.807, 2.05) is 44.2 Å². The molecule has 0 bridgehead atoms. The molecule has 0 unspecified atom stereocenters. The molecule has 1 heterocycles. The van der Waals surface area contributed by atoms with Crippen molar-refractivity contribution in [1.29, 1.82) is 0 Å². The van der Waals surface area contributed by atoms with Gasteiger partial charge >= 0.3 is 0 Å². The molecule has 9 nitrogen and oxygen atoms in total. The predicted octanol–water partition coefficient (Wildman–Crippen LogP) is 2.88. The summed E-state index contributed by atoms with van der Waals surface area (Å²) < 4.78 is 7.53. The molecule has 2 saturated carbocycles. The lowest BCUT2D eigenvalue weighted by atomic mass is 10.0. The Morgan fingerprint density at radius 2 is 2.03 bits per heavy atom. The SMILES string of the molecule is CCNC[C@@H](O)COc1ccccc1C1(Nc2nccn(-c3cc(C(=O)NC4CC4)ccc3C)c2=O)CC1. The van der Waals surface area contributed by atoms with Crippen LogP contribution in [0, 0.1) is 6.92 Å². The molecule has 2 aromatic carbocycles. The predicted molar refractivity (Wildman–Crippen MR) is 146 cm³/mol. The number of aromatic nitrogens is 2. The lowest BCUT2D eigenvalue weighted by Crippen LogP contribution is -2.32. The molecule has 9 heteroatoms. The van der Waals surface area contributed by atoms with Crippen molar-refractivity contribution in [3.63, 3.8) is 0 Å². The molecule has 0 aliphatic heterocycles. The molecule has 38 heavy (non-hydrogen) atoms. The molecule has 2 aliphatic rings. The van der Waals surface area contributed by atoms with Crippen molar-refractivity contribution in [3.05, 3.63) is 81.9 Å². The van der Waals surface area contributed by atoms with Crippen molar-refractivity contribution < 1.29 is 14.6 Å². The largest absolute Gasteiger partial charge is 0.490 e. The number of aryl methyl sites for hydroxylation is 1. The first-order valence-electron chi connectivity index (χ1n) is 13.3. The number of anilines is 1. The van der Waals surface area contributed by atoms with Gasteiger partial charge in [-0.2, -0.15) is 0 Å². The molecule has 1 atom stereocenters. The number of carbonyl (C=O) groups excluding carboxylic acids is 1. The summed E-state index contributed by atoms with van der Waals surface area (Å²) >= 11 is 0. The Morgan fingerprint density at radius 3 is 2.76 bits per heavy atom. The molecule has 0 saturated heterocycles. The number of carbonyl (C=O) groups is 1. The summed E-state index contributed by atoms with van der Waals surface area (Å²) in [5, 5.41) is 19.7. The number of benzene rings is 2. The van der Waals surface area contributed by atoms with Gasteiger partial charge in [-0.1, -0.05) is 31.2 Å². The van der Waals surface area contributed by atoms with Crippen LogP contribution in [0.3, 0.4) is 0 Å². The molecule has 1 aromatic heterocycles. The number of amides is 1. The van der Waals surface area contributed by atoms with Crippen LogP contribution in [-0.2, 0) is 5.54 Å². The van der Waals surface area contributed by atoms with Crippen molar-refractivity contribution in [3.8, 4) is 11.4 Å². The summed E-state index contributed by atoms with van der Waals surface area (Å²) in [5.74, 6) is 0.784. The summed E-state index contributed by atoms with van der Waals surface area (Å²) in [5.41, 5.74) is 2.21. The minimum atomic E-state index is -0.625. The highest BCUT2D eigenvalue weighted by Crippen LogP contribution is 2.50. The van der Waals surface area contributed by atoms with Crippen molar-refractivity contribution in [2.45, 2.75) is 57.2 Å². The van der Waals surface area contributed by atoms with Crippen LogP contribution >= 0.6 is 0 Å². The summed E-state index contributed by atoms with van der Waals surface area (Å²) in [6.07, 6.45) is 6.25. The Morgan fingerprint density at radius 1 is 1.24 bits per heavy atom. The van der Waals surface area contributed by atoms with Gasteiger partial charge in [-0.3, -0.25) is 14.2 Å². The van der Waals surface area contributed by atoms with Crippen molar-refractivity contribution >= 4 is 11.7 Å². The Balaban J connectivity index is 1.38. The third kappa shape index (κ3) is 5.74. The maximum Gasteiger partial charge on any atom is 0.297 e. The third-order valence-electron chi connectivity index (χ3n) is 7.06. The van der Waals surface area contributed by atoms with E-state index in [2.05, 4.69) is 20.9 Å². The lowest BCUT2D eigenvalue weighted by molar-refractivity contribution is 0.0951. The van der Waals surface area contributed by atoms with E-state index in [0.717, 1.165) is 43.4 Å². The average molecular weight is 518 g/mol. The highest BCUT2D eigenvalue weighted by Gasteiger charge is 2.47. The fraction of sp³-hybridized carbons (Fsp3) is 0.414. The van der Waals surface area contributed by atoms with Gasteiger partial charge < -0.3 is 25.8 Å². The second-order valence-corrected chi connectivity index (χ2v) is 10.2. The number of aliphatic hydroxyl groups is 1. The number of nitrogens with one attached hydrogen (secondary N) is 3. The van der Waals surface area contributed by atoms with Gasteiger partial charge in [0.25, 0.3) is 11.5 Å². The molecule has 3 aromatic rings. The fourth-order valence-corrected chi connectivity index (χ4v) is 4.55. The smallest absolute Gasteiger partial charge is 0.297 e. The van der Waals surface area contributed by atoms with Gasteiger partial charge in [0.15, 0.2) is 5.82 Å². The zero-order valence-electron chi connectivity index (χ0n) is 21.9. The van der Waals surface area contributed by atoms with Gasteiger partial charge in [-0.25, -0.2) is 4.98 Å². The Hall–Kier alpha value is -3.69. The summed E-state index contributed by atoms with van der Waals surface area (Å²) in [7, 11) is 0. The molecule has 2 aliphatic carbocycles. The minimum Gasteiger partial charge on any atom is -0.490 e. The van der Waals surface area contributed by atoms with Crippen molar-refractivity contribution in [2.24, 2.45) is 0 Å². The number of aliphatic hydroxyl groups excluding tert-OH is 1. The van der Waals surface area contributed by atoms with E-state index in [0.29, 0.717) is 23.5 Å². The van der Waals surface area contributed by atoms with Gasteiger partial charge in [0, 0.05) is 36.1 Å². The summed E-state index contributed by atoms with van der Waals surface area (Å²) in [4.78, 5) is 30.6. The standard InChI is InChI=1S/C29H35N5O4/c1-3-30-17-22(35)18-38-25-7-5-4-6-23(25)29(12-13-29)33-26-28(37)34(15-14-31-26)24-16-20(9-8-19(24)2)27(36)32-21-10-11-21/h4-9,14-16,21-22,30,35H,3,10-13,17-18H2,1-2H3,(H,31,33)(H,32,36)/t22-/m1/s1. The molecule has 4 N–H and O–H groups in total. The van der Waals surface area contributed by atoms with E-state index in [1.54, 1.807) is 24.5 Å². The average Bonchev–Trinajstić information content (AvgIpc) is 3.86. The Kier molecular flexibility index (Phi) is 7.49. The van der Waals surface area contributed by atoms with Crippen LogP contribution in [0.1, 0.15) is 54.1 Å². The monoisotopic (exact) mass is 517 g/mol. The summed E-state index contributed by atoms with van der Waals surface area (Å²) in [6, 6.07) is 13.4. The van der Waals surface area contributed by atoms with E-state index in [9.17, 15) is 14.7 Å². The first-order chi connectivity index (χ1) is 18.4. The van der Waals surface area contributed by atoms with Crippen LogP contribution < -0.4 is 26.2 Å². The molecule has 5 rings (SSSR count). The number of nitrogens with zero attached hydrogens (tertiary/aromatic N) is 2. The Bertz CT molecular complexity index is 1360. The lowest BCUT2D eigenvalue weighted by Gasteiger charge is -2.23. The first kappa shape index (κ1) is 25.9. The van der Waals surface area contributed by atoms with Crippen LogP contribution in [-0.4, -0.2) is 52.4 Å². The number of hydrogen-bond acceptors (Lipinski definition) is 7. The molecule has 2 fully saturated rings. The van der Waals surface area contributed by atoms with Crippen LogP contribution in [0.4, 0.5) is 5.82 Å². The van der Waals surface area contributed by atoms with E-state index >= 15 is 0 Å². The summed E-state index contributed by atoms with van der Waals surface area (Å²) in [6.45, 7) is 5.30. The van der Waals surface area contributed by atoms with Gasteiger partial charge in [0.05, 0.1) is 11.2 Å². The van der Waals surface area contributed by atoms with Crippen LogP contribution in [0.2, 0.25) is 0 Å². The number of rotatable bonds is 12. The molecule has 0 radical (unpaired) electrons. The normalized spacial score (nSPS) is 16.5. The topological polar surface area (TPSA) is 118 Å². The third-order valence-corrected chi connectivity index (χ3v) is 7.06. The molecule has 1 amide bonds. The van der Waals surface area contributed by atoms with Crippen LogP contribution in [0.15, 0.2) is 59.7 Å². The molecular weight excluding hydrogens is 482 g/mol. The van der Waals surface area contributed by atoms with Crippen LogP contribution in [0.25, 0.3) is 5.69 Å². The highest BCUT2D eigenvalue weighted by molar-refractivity contribution is 5.95. The van der Waals surface area contributed by atoms with E-state index in [-0.39, 0.29) is 29.9 Å². The number of likely N-dealkylation sites (N-methyl/N-ethyl adjacent to an activating group) is 1. The number of para-hydroxylation sites is 1. The number of hydrogen-bond donors (Lipinski definition) is 4. The van der Waals surface area contributed by atoms with Gasteiger partial charge in [0.1, 0.15) is 18.5 Å². The second-order valence-electron chi connectivity index (χ2n) is 10.2. The van der Waals surface area contributed by atoms with Crippen molar-refractivity contribution in [1.82, 2.24) is 20.2 Å². The first-order valence-corrected chi connectivity index (χ1v) is 13.3. The second kappa shape index (κ2) is 11.0. The molecular formula is C29H35N5O4. The maximum absolute atomic E-state index is 13.6. The maximum atomic E-state index is 13.6. The molecule has 0 spiro atoms. The zero-order valence-corrected chi connectivity index (χ0v) is 21.9. The molecule has 200 valence electrons. The van der Waals surface area contributed by atoms with Gasteiger partial charge in [-0.05, 0) is 62.9 Å². The van der Waals surface area contributed by atoms with Crippen molar-refractivity contribution in [2.75, 3.05) is 25.0 Å². The van der Waals surface area contributed by atoms with E-state index in [4.69, 9.17) is 4.74 Å². The highest BCUT2D eigenvalue weighted by atomic mass is 16.5. The van der Waals surface area contributed by atoms with Gasteiger partial charge in [0.2, 0.25) is 0 Å². The van der Waals surface area contributed by atoms with Gasteiger partial charge in [-0.15, -0.1) is 0 Å². The zero-order chi connectivity index (χ0) is 26.7. The van der Waals surface area contributed by atoms with Crippen LogP contribution in [0.5, 0.6) is 5.75 Å². The fourth-order valence-electron chi connectivity index (χ4n) is 4.55. The Labute approximate surface area is 222 Å². The quantitative estimate of drug-likeness (QED) is 0.292. The minimum absolute atomic E-state index is 0.127. The van der Waals surface area contributed by atoms with E-state index < -0.39 is 11.6 Å². The van der Waals surface area contributed by atoms with E-state index in [1.165, 1.54) is 4.57 Å².